The zero-order valence-corrected chi connectivity index (χ0v) is 11.7. The van der Waals surface area contributed by atoms with Gasteiger partial charge in [-0.3, -0.25) is 9.69 Å². The van der Waals surface area contributed by atoms with Gasteiger partial charge in [0.15, 0.2) is 0 Å². The number of hydrogen-bond acceptors (Lipinski definition) is 3. The Morgan fingerprint density at radius 2 is 2.05 bits per heavy atom. The number of hydrogen-bond donors (Lipinski definition) is 1. The monoisotopic (exact) mass is 262 g/mol. The molecule has 0 bridgehead atoms. The summed E-state index contributed by atoms with van der Waals surface area (Å²) in [6, 6.07) is 7.81. The Kier molecular flexibility index (Phi) is 4.56. The molecule has 2 rings (SSSR count). The zero-order chi connectivity index (χ0) is 13.8. The van der Waals surface area contributed by atoms with Gasteiger partial charge in [-0.25, -0.2) is 0 Å². The summed E-state index contributed by atoms with van der Waals surface area (Å²) in [5.41, 5.74) is 1.89. The third-order valence-electron chi connectivity index (χ3n) is 3.54. The van der Waals surface area contributed by atoms with Crippen LogP contribution in [-0.4, -0.2) is 54.1 Å². The van der Waals surface area contributed by atoms with E-state index < -0.39 is 0 Å². The molecule has 1 saturated heterocycles. The van der Waals surface area contributed by atoms with E-state index in [0.717, 1.165) is 43.6 Å². The first-order valence-corrected chi connectivity index (χ1v) is 6.77. The molecule has 1 amide bonds. The molecule has 0 spiro atoms. The maximum Gasteiger partial charge on any atom is 0.253 e. The molecule has 1 heterocycles. The third kappa shape index (κ3) is 3.78. The molecule has 1 fully saturated rings. The molecule has 1 aliphatic heterocycles. The first kappa shape index (κ1) is 14.0. The molecular formula is C15H22N2O2. The van der Waals surface area contributed by atoms with Crippen LogP contribution < -0.4 is 0 Å². The van der Waals surface area contributed by atoms with Crippen molar-refractivity contribution in [1.29, 1.82) is 0 Å². The molecular weight excluding hydrogens is 240 g/mol. The van der Waals surface area contributed by atoms with Gasteiger partial charge in [0.25, 0.3) is 5.91 Å². The maximum absolute atomic E-state index is 11.9. The fourth-order valence-corrected chi connectivity index (χ4v) is 2.40. The second-order valence-corrected chi connectivity index (χ2v) is 5.41. The third-order valence-corrected chi connectivity index (χ3v) is 3.54. The molecule has 104 valence electrons. The van der Waals surface area contributed by atoms with Gasteiger partial charge < -0.3 is 10.0 Å². The number of carbonyl (C=O) groups is 1. The van der Waals surface area contributed by atoms with Crippen molar-refractivity contribution < 1.29 is 9.90 Å². The Morgan fingerprint density at radius 1 is 1.37 bits per heavy atom. The van der Waals surface area contributed by atoms with E-state index in [0.29, 0.717) is 0 Å². The number of amides is 1. The zero-order valence-electron chi connectivity index (χ0n) is 11.7. The molecule has 1 aromatic rings. The van der Waals surface area contributed by atoms with E-state index >= 15 is 0 Å². The highest BCUT2D eigenvalue weighted by molar-refractivity contribution is 5.94. The van der Waals surface area contributed by atoms with Gasteiger partial charge in [0.2, 0.25) is 0 Å². The van der Waals surface area contributed by atoms with Crippen molar-refractivity contribution in [3.05, 3.63) is 35.4 Å². The van der Waals surface area contributed by atoms with E-state index in [1.165, 1.54) is 0 Å². The summed E-state index contributed by atoms with van der Waals surface area (Å²) in [5, 5.41) is 9.49. The maximum atomic E-state index is 11.9. The number of aliphatic hydroxyl groups is 1. The lowest BCUT2D eigenvalue weighted by atomic mass is 10.1. The van der Waals surface area contributed by atoms with Gasteiger partial charge in [0.1, 0.15) is 0 Å². The summed E-state index contributed by atoms with van der Waals surface area (Å²) in [4.78, 5) is 15.8. The Hall–Kier alpha value is -1.39. The molecule has 1 aromatic carbocycles. The van der Waals surface area contributed by atoms with Crippen LogP contribution in [0.1, 0.15) is 28.8 Å². The van der Waals surface area contributed by atoms with Gasteiger partial charge in [0.05, 0.1) is 6.10 Å². The van der Waals surface area contributed by atoms with Crippen LogP contribution in [0, 0.1) is 0 Å². The van der Waals surface area contributed by atoms with Crippen LogP contribution in [0.25, 0.3) is 0 Å². The molecule has 0 unspecified atom stereocenters. The number of likely N-dealkylation sites (tertiary alicyclic amines) is 1. The molecule has 1 aliphatic rings. The van der Waals surface area contributed by atoms with Crippen LogP contribution in [0.3, 0.4) is 0 Å². The lowest BCUT2D eigenvalue weighted by Gasteiger charge is -2.29. The average molecular weight is 262 g/mol. The number of aliphatic hydroxyl groups excluding tert-OH is 1. The van der Waals surface area contributed by atoms with E-state index in [1.54, 1.807) is 19.0 Å². The highest BCUT2D eigenvalue weighted by Gasteiger charge is 2.17. The minimum Gasteiger partial charge on any atom is -0.393 e. The minimum atomic E-state index is -0.141. The highest BCUT2D eigenvalue weighted by atomic mass is 16.3. The Labute approximate surface area is 114 Å². The minimum absolute atomic E-state index is 0.0379. The molecule has 0 saturated carbocycles. The molecule has 19 heavy (non-hydrogen) atoms. The van der Waals surface area contributed by atoms with E-state index in [2.05, 4.69) is 11.0 Å². The summed E-state index contributed by atoms with van der Waals surface area (Å²) in [6.45, 7) is 2.70. The quantitative estimate of drug-likeness (QED) is 0.894. The Bertz CT molecular complexity index is 438. The number of rotatable bonds is 3. The van der Waals surface area contributed by atoms with Crippen LogP contribution in [0.15, 0.2) is 24.3 Å². The van der Waals surface area contributed by atoms with Crippen LogP contribution in [0.5, 0.6) is 0 Å². The van der Waals surface area contributed by atoms with Gasteiger partial charge >= 0.3 is 0 Å². The largest absolute Gasteiger partial charge is 0.393 e. The summed E-state index contributed by atoms with van der Waals surface area (Å²) in [7, 11) is 3.53. The summed E-state index contributed by atoms with van der Waals surface area (Å²) in [5.74, 6) is 0.0379. The predicted octanol–water partition coefficient (Wildman–Crippen LogP) is 1.35. The second kappa shape index (κ2) is 6.17. The molecule has 4 heteroatoms. The van der Waals surface area contributed by atoms with E-state index in [4.69, 9.17) is 0 Å². The molecule has 4 nitrogen and oxygen atoms in total. The van der Waals surface area contributed by atoms with E-state index in [-0.39, 0.29) is 12.0 Å². The van der Waals surface area contributed by atoms with Crippen LogP contribution in [0.4, 0.5) is 0 Å². The molecule has 0 aliphatic carbocycles. The van der Waals surface area contributed by atoms with E-state index in [1.807, 2.05) is 18.2 Å². The number of carbonyl (C=O) groups excluding carboxylic acids is 1. The molecule has 1 N–H and O–H groups in total. The Balaban J connectivity index is 2.01. The van der Waals surface area contributed by atoms with Crippen molar-refractivity contribution in [2.45, 2.75) is 25.5 Å². The lowest BCUT2D eigenvalue weighted by Crippen LogP contribution is -2.35. The van der Waals surface area contributed by atoms with Gasteiger partial charge in [0, 0.05) is 39.3 Å². The summed E-state index contributed by atoms with van der Waals surface area (Å²) in [6.07, 6.45) is 1.55. The van der Waals surface area contributed by atoms with Gasteiger partial charge in [-0.15, -0.1) is 0 Å². The smallest absolute Gasteiger partial charge is 0.253 e. The lowest BCUT2D eigenvalue weighted by molar-refractivity contribution is 0.0792. The van der Waals surface area contributed by atoms with Crippen molar-refractivity contribution in [3.8, 4) is 0 Å². The highest BCUT2D eigenvalue weighted by Crippen LogP contribution is 2.15. The molecule has 0 atom stereocenters. The van der Waals surface area contributed by atoms with Gasteiger partial charge in [-0.2, -0.15) is 0 Å². The normalized spacial score (nSPS) is 17.4. The fraction of sp³-hybridized carbons (Fsp3) is 0.533. The van der Waals surface area contributed by atoms with Crippen molar-refractivity contribution in [2.24, 2.45) is 0 Å². The number of benzene rings is 1. The van der Waals surface area contributed by atoms with Crippen LogP contribution >= 0.6 is 0 Å². The first-order chi connectivity index (χ1) is 9.06. The van der Waals surface area contributed by atoms with Crippen molar-refractivity contribution in [3.63, 3.8) is 0 Å². The van der Waals surface area contributed by atoms with Crippen molar-refractivity contribution in [2.75, 3.05) is 27.2 Å². The molecule has 0 aromatic heterocycles. The van der Waals surface area contributed by atoms with E-state index in [9.17, 15) is 9.90 Å². The van der Waals surface area contributed by atoms with Crippen molar-refractivity contribution in [1.82, 2.24) is 9.80 Å². The van der Waals surface area contributed by atoms with Crippen LogP contribution in [0.2, 0.25) is 0 Å². The van der Waals surface area contributed by atoms with Gasteiger partial charge in [-0.1, -0.05) is 12.1 Å². The first-order valence-electron chi connectivity index (χ1n) is 6.77. The topological polar surface area (TPSA) is 43.8 Å². The SMILES string of the molecule is CN(C)C(=O)c1cccc(CN2CCC(O)CC2)c1. The average Bonchev–Trinajstić information content (AvgIpc) is 2.41. The number of piperidine rings is 1. The standard InChI is InChI=1S/C15H22N2O2/c1-16(2)15(19)13-5-3-4-12(10-13)11-17-8-6-14(18)7-9-17/h3-5,10,14,18H,6-9,11H2,1-2H3. The van der Waals surface area contributed by atoms with Crippen LogP contribution in [-0.2, 0) is 6.54 Å². The van der Waals surface area contributed by atoms with Crippen molar-refractivity contribution >= 4 is 5.91 Å². The summed E-state index contributed by atoms with van der Waals surface area (Å²) < 4.78 is 0. The fourth-order valence-electron chi connectivity index (χ4n) is 2.40. The summed E-state index contributed by atoms with van der Waals surface area (Å²) >= 11 is 0. The predicted molar refractivity (Wildman–Crippen MR) is 75.0 cm³/mol. The van der Waals surface area contributed by atoms with Gasteiger partial charge in [-0.05, 0) is 30.5 Å². The molecule has 0 radical (unpaired) electrons. The Morgan fingerprint density at radius 3 is 2.68 bits per heavy atom. The number of nitrogens with zero attached hydrogens (tertiary/aromatic N) is 2. The second-order valence-electron chi connectivity index (χ2n) is 5.41.